The number of hydrogen-bond donors (Lipinski definition) is 0. The SMILES string of the molecule is CC(C)CC(c1ccccc1)C(C)CCC(C)CC(C#N)C(C)C. The molecule has 0 spiro atoms. The first-order valence-electron chi connectivity index (χ1n) is 9.79. The molecule has 0 radical (unpaired) electrons. The maximum atomic E-state index is 9.31. The molecule has 4 unspecified atom stereocenters. The Bertz CT molecular complexity index is 483. The highest BCUT2D eigenvalue weighted by molar-refractivity contribution is 5.20. The van der Waals surface area contributed by atoms with E-state index in [1.54, 1.807) is 0 Å². The second-order valence-corrected chi connectivity index (χ2v) is 8.52. The van der Waals surface area contributed by atoms with E-state index in [-0.39, 0.29) is 5.92 Å². The van der Waals surface area contributed by atoms with Crippen LogP contribution in [0.15, 0.2) is 30.3 Å². The molecule has 0 bridgehead atoms. The third-order valence-corrected chi connectivity index (χ3v) is 5.38. The lowest BCUT2D eigenvalue weighted by Crippen LogP contribution is -2.15. The zero-order valence-corrected chi connectivity index (χ0v) is 16.6. The lowest BCUT2D eigenvalue weighted by molar-refractivity contribution is 0.307. The number of hydrogen-bond acceptors (Lipinski definition) is 1. The standard InChI is InChI=1S/C23H37N/c1-17(2)14-23(21-10-8-7-9-11-21)20(6)13-12-19(5)15-22(16-24)18(3)4/h7-11,17-20,22-23H,12-15H2,1-6H3. The van der Waals surface area contributed by atoms with E-state index in [0.29, 0.717) is 23.7 Å². The average molecular weight is 328 g/mol. The van der Waals surface area contributed by atoms with Gasteiger partial charge in [0.1, 0.15) is 0 Å². The molecule has 0 saturated heterocycles. The molecule has 0 fully saturated rings. The summed E-state index contributed by atoms with van der Waals surface area (Å²) in [5.74, 6) is 3.37. The first-order valence-corrected chi connectivity index (χ1v) is 9.79. The van der Waals surface area contributed by atoms with Gasteiger partial charge >= 0.3 is 0 Å². The Morgan fingerprint density at radius 3 is 2.00 bits per heavy atom. The van der Waals surface area contributed by atoms with Crippen LogP contribution in [0.1, 0.15) is 78.7 Å². The molecule has 1 aromatic rings. The molecule has 0 aliphatic heterocycles. The summed E-state index contributed by atoms with van der Waals surface area (Å²) in [7, 11) is 0. The van der Waals surface area contributed by atoms with Gasteiger partial charge in [-0.3, -0.25) is 0 Å². The van der Waals surface area contributed by atoms with E-state index in [0.717, 1.165) is 12.3 Å². The van der Waals surface area contributed by atoms with Crippen molar-refractivity contribution in [1.29, 1.82) is 5.26 Å². The molecule has 0 N–H and O–H groups in total. The van der Waals surface area contributed by atoms with Crippen molar-refractivity contribution in [2.24, 2.45) is 29.6 Å². The Hall–Kier alpha value is -1.29. The summed E-state index contributed by atoms with van der Waals surface area (Å²) < 4.78 is 0. The lowest BCUT2D eigenvalue weighted by atomic mass is 9.77. The van der Waals surface area contributed by atoms with E-state index in [1.165, 1.54) is 24.8 Å². The summed E-state index contributed by atoms with van der Waals surface area (Å²) in [6.07, 6.45) is 4.78. The molecule has 134 valence electrons. The van der Waals surface area contributed by atoms with Crippen LogP contribution in [-0.2, 0) is 0 Å². The minimum Gasteiger partial charge on any atom is -0.198 e. The maximum absolute atomic E-state index is 9.31. The van der Waals surface area contributed by atoms with Crippen LogP contribution in [0, 0.1) is 40.9 Å². The van der Waals surface area contributed by atoms with Gasteiger partial charge in [-0.1, -0.05) is 78.3 Å². The number of nitriles is 1. The summed E-state index contributed by atoms with van der Waals surface area (Å²) in [5, 5.41) is 9.31. The fourth-order valence-corrected chi connectivity index (χ4v) is 3.68. The van der Waals surface area contributed by atoms with Crippen LogP contribution in [0.5, 0.6) is 0 Å². The molecule has 0 aliphatic rings. The molecule has 24 heavy (non-hydrogen) atoms. The first kappa shape index (κ1) is 20.8. The van der Waals surface area contributed by atoms with Crippen LogP contribution in [0.4, 0.5) is 0 Å². The molecule has 0 aliphatic carbocycles. The van der Waals surface area contributed by atoms with E-state index >= 15 is 0 Å². The van der Waals surface area contributed by atoms with E-state index in [4.69, 9.17) is 0 Å². The Labute approximate surface area is 150 Å². The third-order valence-electron chi connectivity index (χ3n) is 5.38. The molecule has 0 amide bonds. The second kappa shape index (κ2) is 10.5. The van der Waals surface area contributed by atoms with Crippen LogP contribution < -0.4 is 0 Å². The normalized spacial score (nSPS) is 16.6. The van der Waals surface area contributed by atoms with Crippen molar-refractivity contribution < 1.29 is 0 Å². The van der Waals surface area contributed by atoms with Crippen molar-refractivity contribution in [3.8, 4) is 6.07 Å². The van der Waals surface area contributed by atoms with E-state index in [1.807, 2.05) is 0 Å². The van der Waals surface area contributed by atoms with Gasteiger partial charge in [0, 0.05) is 5.92 Å². The van der Waals surface area contributed by atoms with Crippen molar-refractivity contribution in [2.45, 2.75) is 73.1 Å². The summed E-state index contributed by atoms with van der Waals surface area (Å²) >= 11 is 0. The largest absolute Gasteiger partial charge is 0.198 e. The fraction of sp³-hybridized carbons (Fsp3) is 0.696. The topological polar surface area (TPSA) is 23.8 Å². The summed E-state index contributed by atoms with van der Waals surface area (Å²) in [4.78, 5) is 0. The quantitative estimate of drug-likeness (QED) is 0.451. The highest BCUT2D eigenvalue weighted by Gasteiger charge is 2.22. The molecular formula is C23H37N. The number of nitrogens with zero attached hydrogens (tertiary/aromatic N) is 1. The van der Waals surface area contributed by atoms with Gasteiger partial charge in [-0.2, -0.15) is 5.26 Å². The average Bonchev–Trinajstić information content (AvgIpc) is 2.55. The van der Waals surface area contributed by atoms with E-state index in [2.05, 4.69) is 77.9 Å². The Balaban J connectivity index is 2.62. The minimum atomic E-state index is 0.205. The highest BCUT2D eigenvalue weighted by atomic mass is 14.3. The minimum absolute atomic E-state index is 0.205. The van der Waals surface area contributed by atoms with Gasteiger partial charge in [0.2, 0.25) is 0 Å². The zero-order valence-electron chi connectivity index (χ0n) is 16.6. The molecule has 1 heteroatoms. The van der Waals surface area contributed by atoms with Crippen LogP contribution >= 0.6 is 0 Å². The van der Waals surface area contributed by atoms with Crippen LogP contribution in [0.3, 0.4) is 0 Å². The monoisotopic (exact) mass is 327 g/mol. The van der Waals surface area contributed by atoms with Gasteiger partial charge in [0.05, 0.1) is 6.07 Å². The van der Waals surface area contributed by atoms with E-state index < -0.39 is 0 Å². The van der Waals surface area contributed by atoms with E-state index in [9.17, 15) is 5.26 Å². The molecule has 1 aromatic carbocycles. The smallest absolute Gasteiger partial charge is 0.0658 e. The summed E-state index contributed by atoms with van der Waals surface area (Å²) in [6.45, 7) is 13.7. The molecular weight excluding hydrogens is 290 g/mol. The maximum Gasteiger partial charge on any atom is 0.0658 e. The van der Waals surface area contributed by atoms with Crippen molar-refractivity contribution in [3.63, 3.8) is 0 Å². The molecule has 4 atom stereocenters. The Morgan fingerprint density at radius 1 is 0.875 bits per heavy atom. The van der Waals surface area contributed by atoms with Crippen LogP contribution in [0.25, 0.3) is 0 Å². The van der Waals surface area contributed by atoms with Crippen molar-refractivity contribution >= 4 is 0 Å². The predicted octanol–water partition coefficient (Wildman–Crippen LogP) is 7.05. The summed E-state index contributed by atoms with van der Waals surface area (Å²) in [5.41, 5.74) is 1.49. The first-order chi connectivity index (χ1) is 11.3. The molecule has 0 saturated carbocycles. The number of rotatable bonds is 10. The predicted molar refractivity (Wildman–Crippen MR) is 105 cm³/mol. The lowest BCUT2D eigenvalue weighted by Gasteiger charge is -2.28. The van der Waals surface area contributed by atoms with Gasteiger partial charge < -0.3 is 0 Å². The summed E-state index contributed by atoms with van der Waals surface area (Å²) in [6, 6.07) is 13.5. The molecule has 1 rings (SSSR count). The molecule has 0 heterocycles. The Kier molecular flexibility index (Phi) is 9.12. The second-order valence-electron chi connectivity index (χ2n) is 8.52. The van der Waals surface area contributed by atoms with Crippen molar-refractivity contribution in [2.75, 3.05) is 0 Å². The van der Waals surface area contributed by atoms with Gasteiger partial charge in [-0.05, 0) is 54.4 Å². The van der Waals surface area contributed by atoms with Gasteiger partial charge in [0.25, 0.3) is 0 Å². The van der Waals surface area contributed by atoms with Gasteiger partial charge in [0.15, 0.2) is 0 Å². The molecule has 1 nitrogen and oxygen atoms in total. The van der Waals surface area contributed by atoms with Crippen molar-refractivity contribution in [1.82, 2.24) is 0 Å². The van der Waals surface area contributed by atoms with Gasteiger partial charge in [-0.25, -0.2) is 0 Å². The third kappa shape index (κ3) is 7.08. The zero-order chi connectivity index (χ0) is 18.1. The highest BCUT2D eigenvalue weighted by Crippen LogP contribution is 2.35. The molecule has 0 aromatic heterocycles. The van der Waals surface area contributed by atoms with Gasteiger partial charge in [-0.15, -0.1) is 0 Å². The Morgan fingerprint density at radius 2 is 1.50 bits per heavy atom. The van der Waals surface area contributed by atoms with Crippen molar-refractivity contribution in [3.05, 3.63) is 35.9 Å². The number of benzene rings is 1. The van der Waals surface area contributed by atoms with Crippen LogP contribution in [0.2, 0.25) is 0 Å². The van der Waals surface area contributed by atoms with Crippen LogP contribution in [-0.4, -0.2) is 0 Å². The fourth-order valence-electron chi connectivity index (χ4n) is 3.68.